The van der Waals surface area contributed by atoms with Crippen molar-refractivity contribution in [3.8, 4) is 0 Å². The van der Waals surface area contributed by atoms with Crippen molar-refractivity contribution in [3.05, 3.63) is 41.7 Å². The van der Waals surface area contributed by atoms with E-state index in [-0.39, 0.29) is 17.8 Å². The fraction of sp³-hybridized carbons (Fsp3) is 0.467. The van der Waals surface area contributed by atoms with Crippen LogP contribution in [-0.4, -0.2) is 24.8 Å². The lowest BCUT2D eigenvalue weighted by Gasteiger charge is -2.23. The molecule has 0 aliphatic rings. The average Bonchev–Trinajstić information content (AvgIpc) is 2.31. The Balaban J connectivity index is 2.27. The zero-order chi connectivity index (χ0) is 13.4. The molecule has 0 saturated heterocycles. The average molecular weight is 251 g/mol. The normalized spacial score (nSPS) is 12.2. The van der Waals surface area contributed by atoms with Gasteiger partial charge in [-0.05, 0) is 29.5 Å². The predicted molar refractivity (Wildman–Crippen MR) is 73.8 cm³/mol. The summed E-state index contributed by atoms with van der Waals surface area (Å²) in [5, 5.41) is 12.2. The zero-order valence-corrected chi connectivity index (χ0v) is 11.1. The summed E-state index contributed by atoms with van der Waals surface area (Å²) < 4.78 is 12.7. The maximum atomic E-state index is 12.7. The number of hydrogen-bond acceptors (Lipinski definition) is 2. The molecule has 0 fully saturated rings. The molecule has 1 aromatic rings. The molecule has 0 radical (unpaired) electrons. The molecule has 0 aliphatic heterocycles. The number of halogens is 1. The van der Waals surface area contributed by atoms with Crippen LogP contribution < -0.4 is 5.32 Å². The Labute approximate surface area is 109 Å². The number of aliphatic hydroxyl groups excluding tert-OH is 1. The molecule has 0 unspecified atom stereocenters. The Hall–Kier alpha value is -1.19. The molecule has 0 bridgehead atoms. The molecule has 1 rings (SSSR count). The van der Waals surface area contributed by atoms with Crippen LogP contribution in [-0.2, 0) is 0 Å². The van der Waals surface area contributed by atoms with E-state index in [9.17, 15) is 4.39 Å². The standard InChI is InChI=1S/C15H22FNO/c1-15(2,9-11-18)12-17-10-3-4-13-5-7-14(16)8-6-13/h3-8,17-18H,9-12H2,1-2H3/b4-3+. The highest BCUT2D eigenvalue weighted by atomic mass is 19.1. The predicted octanol–water partition coefficient (Wildman–Crippen LogP) is 2.84. The molecule has 0 aromatic heterocycles. The molecule has 3 heteroatoms. The van der Waals surface area contributed by atoms with Gasteiger partial charge in [0.1, 0.15) is 5.82 Å². The SMILES string of the molecule is CC(C)(CCO)CNC/C=C/c1ccc(F)cc1. The van der Waals surface area contributed by atoms with Gasteiger partial charge in [0.05, 0.1) is 0 Å². The summed E-state index contributed by atoms with van der Waals surface area (Å²) >= 11 is 0. The number of nitrogens with one attached hydrogen (secondary N) is 1. The van der Waals surface area contributed by atoms with E-state index in [1.54, 1.807) is 12.1 Å². The van der Waals surface area contributed by atoms with E-state index in [4.69, 9.17) is 5.11 Å². The van der Waals surface area contributed by atoms with Crippen LogP contribution in [0.5, 0.6) is 0 Å². The largest absolute Gasteiger partial charge is 0.396 e. The molecular formula is C15H22FNO. The van der Waals surface area contributed by atoms with Gasteiger partial charge in [-0.3, -0.25) is 0 Å². The minimum Gasteiger partial charge on any atom is -0.396 e. The van der Waals surface area contributed by atoms with Crippen molar-refractivity contribution in [1.82, 2.24) is 5.32 Å². The van der Waals surface area contributed by atoms with Crippen molar-refractivity contribution in [2.75, 3.05) is 19.7 Å². The van der Waals surface area contributed by atoms with Crippen molar-refractivity contribution in [2.24, 2.45) is 5.41 Å². The number of hydrogen-bond donors (Lipinski definition) is 2. The maximum absolute atomic E-state index is 12.7. The van der Waals surface area contributed by atoms with Gasteiger partial charge in [0.2, 0.25) is 0 Å². The van der Waals surface area contributed by atoms with Gasteiger partial charge in [-0.2, -0.15) is 0 Å². The Bertz CT molecular complexity index is 371. The van der Waals surface area contributed by atoms with Crippen molar-refractivity contribution in [1.29, 1.82) is 0 Å². The maximum Gasteiger partial charge on any atom is 0.123 e. The first-order chi connectivity index (χ1) is 8.53. The molecule has 0 aliphatic carbocycles. The topological polar surface area (TPSA) is 32.3 Å². The first-order valence-electron chi connectivity index (χ1n) is 6.27. The number of benzene rings is 1. The highest BCUT2D eigenvalue weighted by Crippen LogP contribution is 2.17. The Morgan fingerprint density at radius 3 is 2.56 bits per heavy atom. The van der Waals surface area contributed by atoms with Crippen LogP contribution in [0.4, 0.5) is 4.39 Å². The lowest BCUT2D eigenvalue weighted by molar-refractivity contribution is 0.208. The van der Waals surface area contributed by atoms with Crippen molar-refractivity contribution < 1.29 is 9.50 Å². The highest BCUT2D eigenvalue weighted by Gasteiger charge is 2.15. The molecule has 2 nitrogen and oxygen atoms in total. The van der Waals surface area contributed by atoms with E-state index < -0.39 is 0 Å². The van der Waals surface area contributed by atoms with Gasteiger partial charge in [-0.15, -0.1) is 0 Å². The van der Waals surface area contributed by atoms with Crippen molar-refractivity contribution >= 4 is 6.08 Å². The summed E-state index contributed by atoms with van der Waals surface area (Å²) in [6, 6.07) is 6.41. The van der Waals surface area contributed by atoms with Crippen LogP contribution >= 0.6 is 0 Å². The van der Waals surface area contributed by atoms with Gasteiger partial charge < -0.3 is 10.4 Å². The lowest BCUT2D eigenvalue weighted by atomic mass is 9.90. The van der Waals surface area contributed by atoms with Crippen LogP contribution in [0.15, 0.2) is 30.3 Å². The Kier molecular flexibility index (Phi) is 6.02. The third kappa shape index (κ3) is 5.94. The second kappa shape index (κ2) is 7.29. The third-order valence-corrected chi connectivity index (χ3v) is 2.83. The first-order valence-corrected chi connectivity index (χ1v) is 6.27. The van der Waals surface area contributed by atoms with Crippen LogP contribution in [0.1, 0.15) is 25.8 Å². The summed E-state index contributed by atoms with van der Waals surface area (Å²) in [7, 11) is 0. The fourth-order valence-electron chi connectivity index (χ4n) is 1.65. The molecule has 0 atom stereocenters. The monoisotopic (exact) mass is 251 g/mol. The van der Waals surface area contributed by atoms with Gasteiger partial charge in [-0.25, -0.2) is 4.39 Å². The van der Waals surface area contributed by atoms with Crippen LogP contribution in [0.3, 0.4) is 0 Å². The van der Waals surface area contributed by atoms with E-state index in [0.29, 0.717) is 0 Å². The van der Waals surface area contributed by atoms with Gasteiger partial charge >= 0.3 is 0 Å². The van der Waals surface area contributed by atoms with Gasteiger partial charge in [0.25, 0.3) is 0 Å². The second-order valence-electron chi connectivity index (χ2n) is 5.22. The smallest absolute Gasteiger partial charge is 0.123 e. The second-order valence-corrected chi connectivity index (χ2v) is 5.22. The van der Waals surface area contributed by atoms with E-state index in [2.05, 4.69) is 19.2 Å². The molecule has 100 valence electrons. The van der Waals surface area contributed by atoms with Crippen molar-refractivity contribution in [2.45, 2.75) is 20.3 Å². The lowest BCUT2D eigenvalue weighted by Crippen LogP contribution is -2.30. The molecule has 0 spiro atoms. The molecule has 0 saturated carbocycles. The first kappa shape index (κ1) is 14.9. The third-order valence-electron chi connectivity index (χ3n) is 2.83. The molecule has 0 amide bonds. The quantitative estimate of drug-likeness (QED) is 0.730. The molecule has 0 heterocycles. The molecular weight excluding hydrogens is 229 g/mol. The fourth-order valence-corrected chi connectivity index (χ4v) is 1.65. The molecule has 1 aromatic carbocycles. The summed E-state index contributed by atoms with van der Waals surface area (Å²) in [5.41, 5.74) is 1.10. The number of rotatable bonds is 7. The van der Waals surface area contributed by atoms with Crippen LogP contribution in [0, 0.1) is 11.2 Å². The Morgan fingerprint density at radius 1 is 1.28 bits per heavy atom. The Morgan fingerprint density at radius 2 is 1.94 bits per heavy atom. The minimum absolute atomic E-state index is 0.110. The summed E-state index contributed by atoms with van der Waals surface area (Å²) in [5.74, 6) is -0.212. The van der Waals surface area contributed by atoms with Gasteiger partial charge in [0.15, 0.2) is 0 Å². The van der Waals surface area contributed by atoms with Crippen LogP contribution in [0.2, 0.25) is 0 Å². The van der Waals surface area contributed by atoms with E-state index in [1.165, 1.54) is 12.1 Å². The number of aliphatic hydroxyl groups is 1. The van der Waals surface area contributed by atoms with E-state index >= 15 is 0 Å². The summed E-state index contributed by atoms with van der Waals surface area (Å²) in [6.45, 7) is 6.10. The van der Waals surface area contributed by atoms with Gasteiger partial charge in [0, 0.05) is 19.7 Å². The highest BCUT2D eigenvalue weighted by molar-refractivity contribution is 5.48. The molecule has 18 heavy (non-hydrogen) atoms. The van der Waals surface area contributed by atoms with E-state index in [0.717, 1.165) is 25.1 Å². The molecule has 2 N–H and O–H groups in total. The van der Waals surface area contributed by atoms with Crippen molar-refractivity contribution in [3.63, 3.8) is 0 Å². The minimum atomic E-state index is -0.212. The van der Waals surface area contributed by atoms with Crippen LogP contribution in [0.25, 0.3) is 6.08 Å². The zero-order valence-electron chi connectivity index (χ0n) is 11.1. The summed E-state index contributed by atoms with van der Waals surface area (Å²) in [6.07, 6.45) is 4.77. The van der Waals surface area contributed by atoms with E-state index in [1.807, 2.05) is 12.2 Å². The van der Waals surface area contributed by atoms with Gasteiger partial charge in [-0.1, -0.05) is 38.1 Å². The summed E-state index contributed by atoms with van der Waals surface area (Å²) in [4.78, 5) is 0.